The molecule has 1 heterocycles. The van der Waals surface area contributed by atoms with Gasteiger partial charge in [-0.2, -0.15) is 13.2 Å². The van der Waals surface area contributed by atoms with E-state index in [-0.39, 0.29) is 36.5 Å². The maximum atomic E-state index is 13.4. The Labute approximate surface area is 201 Å². The van der Waals surface area contributed by atoms with Crippen LogP contribution in [-0.4, -0.2) is 53.8 Å². The molecule has 1 saturated heterocycles. The molecule has 0 radical (unpaired) electrons. The third-order valence-electron chi connectivity index (χ3n) is 6.68. The Kier molecular flexibility index (Phi) is 7.48. The van der Waals surface area contributed by atoms with Gasteiger partial charge in [-0.3, -0.25) is 14.5 Å². The Hall–Kier alpha value is -2.58. The number of hydrogen-bond donors (Lipinski definition) is 1. The van der Waals surface area contributed by atoms with Crippen molar-refractivity contribution in [2.75, 3.05) is 31.5 Å². The SMILES string of the molecule is O=C(Nc1ccc(Cl)cc1)C(C1CCCC1)N1CCN(C(=O)c2ccccc2C(F)(F)F)CC1. The molecule has 0 bridgehead atoms. The number of amides is 2. The molecule has 9 heteroatoms. The zero-order valence-corrected chi connectivity index (χ0v) is 19.4. The van der Waals surface area contributed by atoms with Crippen molar-refractivity contribution < 1.29 is 22.8 Å². The first-order valence-corrected chi connectivity index (χ1v) is 11.9. The Morgan fingerprint density at radius 1 is 0.941 bits per heavy atom. The number of nitrogens with zero attached hydrogens (tertiary/aromatic N) is 2. The Morgan fingerprint density at radius 2 is 1.56 bits per heavy atom. The van der Waals surface area contributed by atoms with E-state index in [1.54, 1.807) is 24.3 Å². The minimum Gasteiger partial charge on any atom is -0.336 e. The molecule has 0 aromatic heterocycles. The molecule has 1 aliphatic carbocycles. The number of nitrogens with one attached hydrogen (secondary N) is 1. The molecule has 2 aliphatic rings. The molecule has 2 fully saturated rings. The minimum absolute atomic E-state index is 0.101. The number of benzene rings is 2. The fourth-order valence-electron chi connectivity index (χ4n) is 4.99. The Morgan fingerprint density at radius 3 is 2.18 bits per heavy atom. The zero-order valence-electron chi connectivity index (χ0n) is 18.7. The van der Waals surface area contributed by atoms with Gasteiger partial charge in [-0.15, -0.1) is 0 Å². The van der Waals surface area contributed by atoms with Crippen molar-refractivity contribution in [3.63, 3.8) is 0 Å². The lowest BCUT2D eigenvalue weighted by atomic mass is 9.94. The fraction of sp³-hybridized carbons (Fsp3) is 0.440. The van der Waals surface area contributed by atoms with Gasteiger partial charge in [-0.1, -0.05) is 36.6 Å². The second kappa shape index (κ2) is 10.4. The van der Waals surface area contributed by atoms with Gasteiger partial charge in [-0.05, 0) is 55.2 Å². The van der Waals surface area contributed by atoms with Gasteiger partial charge in [-0.25, -0.2) is 0 Å². The van der Waals surface area contributed by atoms with Gasteiger partial charge in [0.05, 0.1) is 17.2 Å². The molecular weight excluding hydrogens is 467 g/mol. The van der Waals surface area contributed by atoms with Gasteiger partial charge >= 0.3 is 6.18 Å². The fourth-order valence-corrected chi connectivity index (χ4v) is 5.12. The van der Waals surface area contributed by atoms with E-state index in [0.29, 0.717) is 23.8 Å². The normalized spacial score (nSPS) is 18.6. The predicted molar refractivity (Wildman–Crippen MR) is 125 cm³/mol. The molecule has 0 spiro atoms. The topological polar surface area (TPSA) is 52.7 Å². The van der Waals surface area contributed by atoms with E-state index in [9.17, 15) is 22.8 Å². The molecule has 2 aromatic rings. The number of alkyl halides is 3. The lowest BCUT2D eigenvalue weighted by Crippen LogP contribution is -2.57. The van der Waals surface area contributed by atoms with Crippen molar-refractivity contribution in [2.24, 2.45) is 5.92 Å². The molecule has 4 rings (SSSR count). The maximum absolute atomic E-state index is 13.4. The quantitative estimate of drug-likeness (QED) is 0.614. The van der Waals surface area contributed by atoms with Gasteiger partial charge in [0.2, 0.25) is 5.91 Å². The van der Waals surface area contributed by atoms with Gasteiger partial charge < -0.3 is 10.2 Å². The summed E-state index contributed by atoms with van der Waals surface area (Å²) in [5.41, 5.74) is -0.597. The van der Waals surface area contributed by atoms with Crippen LogP contribution in [0.5, 0.6) is 0 Å². The van der Waals surface area contributed by atoms with Crippen LogP contribution in [-0.2, 0) is 11.0 Å². The summed E-state index contributed by atoms with van der Waals surface area (Å²) in [7, 11) is 0. The smallest absolute Gasteiger partial charge is 0.336 e. The number of anilines is 1. The van der Waals surface area contributed by atoms with Crippen LogP contribution < -0.4 is 5.32 Å². The molecule has 1 atom stereocenters. The second-order valence-electron chi connectivity index (χ2n) is 8.86. The molecule has 1 N–H and O–H groups in total. The number of carbonyl (C=O) groups is 2. The highest BCUT2D eigenvalue weighted by Gasteiger charge is 2.39. The van der Waals surface area contributed by atoms with Crippen LogP contribution >= 0.6 is 11.6 Å². The highest BCUT2D eigenvalue weighted by Crippen LogP contribution is 2.34. The molecule has 34 heavy (non-hydrogen) atoms. The summed E-state index contributed by atoms with van der Waals surface area (Å²) in [5, 5.41) is 3.56. The van der Waals surface area contributed by atoms with E-state index in [1.807, 2.05) is 0 Å². The van der Waals surface area contributed by atoms with E-state index in [1.165, 1.54) is 23.1 Å². The summed E-state index contributed by atoms with van der Waals surface area (Å²) in [4.78, 5) is 29.7. The first-order chi connectivity index (χ1) is 16.2. The van der Waals surface area contributed by atoms with Crippen molar-refractivity contribution in [1.82, 2.24) is 9.80 Å². The number of rotatable bonds is 5. The van der Waals surface area contributed by atoms with Crippen molar-refractivity contribution in [3.8, 4) is 0 Å². The van der Waals surface area contributed by atoms with Crippen molar-refractivity contribution >= 4 is 29.1 Å². The van der Waals surface area contributed by atoms with Gasteiger partial charge in [0.15, 0.2) is 0 Å². The van der Waals surface area contributed by atoms with E-state index in [4.69, 9.17) is 11.6 Å². The van der Waals surface area contributed by atoms with Crippen molar-refractivity contribution in [3.05, 3.63) is 64.7 Å². The van der Waals surface area contributed by atoms with Crippen LogP contribution in [0.1, 0.15) is 41.6 Å². The highest BCUT2D eigenvalue weighted by molar-refractivity contribution is 6.30. The van der Waals surface area contributed by atoms with Gasteiger partial charge in [0.25, 0.3) is 5.91 Å². The van der Waals surface area contributed by atoms with Crippen LogP contribution in [0.2, 0.25) is 5.02 Å². The third-order valence-corrected chi connectivity index (χ3v) is 6.94. The van der Waals surface area contributed by atoms with E-state index in [0.717, 1.165) is 31.7 Å². The number of hydrogen-bond acceptors (Lipinski definition) is 3. The largest absolute Gasteiger partial charge is 0.417 e. The molecule has 2 amide bonds. The average Bonchev–Trinajstić information content (AvgIpc) is 3.34. The number of piperazine rings is 1. The average molecular weight is 494 g/mol. The van der Waals surface area contributed by atoms with E-state index in [2.05, 4.69) is 10.2 Å². The molecule has 1 aliphatic heterocycles. The standard InChI is InChI=1S/C25H27ClF3N3O2/c26-18-9-11-19(12-10-18)30-23(33)22(17-5-1-2-6-17)31-13-15-32(16-14-31)24(34)20-7-3-4-8-21(20)25(27,28)29/h3-4,7-12,17,22H,1-2,5-6,13-16H2,(H,30,33). The molecule has 1 unspecified atom stereocenters. The molecule has 182 valence electrons. The lowest BCUT2D eigenvalue weighted by Gasteiger charge is -2.41. The molecular formula is C25H27ClF3N3O2. The first kappa shape index (κ1) is 24.5. The first-order valence-electron chi connectivity index (χ1n) is 11.5. The van der Waals surface area contributed by atoms with Crippen LogP contribution in [0.15, 0.2) is 48.5 Å². The van der Waals surface area contributed by atoms with Crippen LogP contribution in [0.4, 0.5) is 18.9 Å². The second-order valence-corrected chi connectivity index (χ2v) is 9.29. The highest BCUT2D eigenvalue weighted by atomic mass is 35.5. The maximum Gasteiger partial charge on any atom is 0.417 e. The third kappa shape index (κ3) is 5.55. The van der Waals surface area contributed by atoms with Gasteiger partial charge in [0.1, 0.15) is 0 Å². The Bertz CT molecular complexity index is 1010. The predicted octanol–water partition coefficient (Wildman–Crippen LogP) is 5.31. The van der Waals surface area contributed by atoms with Crippen LogP contribution in [0.3, 0.4) is 0 Å². The minimum atomic E-state index is -4.60. The summed E-state index contributed by atoms with van der Waals surface area (Å²) in [6.45, 7) is 1.38. The molecule has 5 nitrogen and oxygen atoms in total. The summed E-state index contributed by atoms with van der Waals surface area (Å²) in [5.74, 6) is -0.521. The zero-order chi connectivity index (χ0) is 24.3. The Balaban J connectivity index is 1.45. The van der Waals surface area contributed by atoms with E-state index >= 15 is 0 Å². The summed E-state index contributed by atoms with van der Waals surface area (Å²) in [6, 6.07) is 11.5. The van der Waals surface area contributed by atoms with Crippen molar-refractivity contribution in [2.45, 2.75) is 37.9 Å². The van der Waals surface area contributed by atoms with E-state index < -0.39 is 17.6 Å². The summed E-state index contributed by atoms with van der Waals surface area (Å²) >= 11 is 5.94. The molecule has 1 saturated carbocycles. The summed E-state index contributed by atoms with van der Waals surface area (Å²) < 4.78 is 40.1. The van der Waals surface area contributed by atoms with Crippen molar-refractivity contribution in [1.29, 1.82) is 0 Å². The summed E-state index contributed by atoms with van der Waals surface area (Å²) in [6.07, 6.45) is -0.543. The molecule has 2 aromatic carbocycles. The van der Waals surface area contributed by atoms with Crippen LogP contribution in [0, 0.1) is 5.92 Å². The van der Waals surface area contributed by atoms with Crippen LogP contribution in [0.25, 0.3) is 0 Å². The number of carbonyl (C=O) groups excluding carboxylic acids is 2. The lowest BCUT2D eigenvalue weighted by molar-refractivity contribution is -0.138. The van der Waals surface area contributed by atoms with Gasteiger partial charge in [0, 0.05) is 36.9 Å². The monoisotopic (exact) mass is 493 g/mol. The number of halogens is 4.